The van der Waals surface area contributed by atoms with Crippen molar-refractivity contribution in [3.05, 3.63) is 0 Å². The molecule has 0 aliphatic rings. The van der Waals surface area contributed by atoms with Gasteiger partial charge in [0.05, 0.1) is 0 Å². The third-order valence-corrected chi connectivity index (χ3v) is 13.7. The van der Waals surface area contributed by atoms with Crippen LogP contribution in [0.2, 0.25) is 36.3 Å². The zero-order valence-electron chi connectivity index (χ0n) is 25.4. The zero-order chi connectivity index (χ0) is 27.1. The van der Waals surface area contributed by atoms with Gasteiger partial charge in [0.25, 0.3) is 0 Å². The van der Waals surface area contributed by atoms with E-state index in [1.165, 1.54) is 77.0 Å². The van der Waals surface area contributed by atoms with Crippen molar-refractivity contribution >= 4 is 16.6 Å². The molecule has 0 bridgehead atoms. The predicted octanol–water partition coefficient (Wildman–Crippen LogP) is 8.64. The smallest absolute Gasteiger partial charge is 0.188 e. The SMILES string of the molecule is CCCC[Si](O)(CCCC)CCCC.CCCC[Si](O)(CCCC)CCCC.CCO.CCO.[Ti]. The predicted molar refractivity (Wildman–Crippen MR) is 160 cm³/mol. The van der Waals surface area contributed by atoms with Gasteiger partial charge < -0.3 is 19.8 Å². The molecule has 0 aromatic carbocycles. The van der Waals surface area contributed by atoms with Crippen molar-refractivity contribution in [2.45, 2.75) is 169 Å². The second-order valence-electron chi connectivity index (χ2n) is 9.70. The first-order chi connectivity index (χ1) is 16.2. The van der Waals surface area contributed by atoms with Crippen LogP contribution in [0.25, 0.3) is 0 Å². The average molecular weight is 573 g/mol. The van der Waals surface area contributed by atoms with Crippen LogP contribution < -0.4 is 0 Å². The molecule has 0 radical (unpaired) electrons. The van der Waals surface area contributed by atoms with Crippen LogP contribution in [0.5, 0.6) is 0 Å². The van der Waals surface area contributed by atoms with Gasteiger partial charge in [-0.2, -0.15) is 0 Å². The molecule has 0 saturated carbocycles. The van der Waals surface area contributed by atoms with Crippen molar-refractivity contribution in [1.29, 1.82) is 0 Å². The molecule has 0 saturated heterocycles. The van der Waals surface area contributed by atoms with Crippen molar-refractivity contribution < 1.29 is 41.5 Å². The first-order valence-electron chi connectivity index (χ1n) is 14.9. The summed E-state index contributed by atoms with van der Waals surface area (Å²) in [6.45, 7) is 17.2. The summed E-state index contributed by atoms with van der Waals surface area (Å²) in [6.07, 6.45) is 14.8. The number of aliphatic hydroxyl groups is 2. The van der Waals surface area contributed by atoms with E-state index in [9.17, 15) is 9.59 Å². The van der Waals surface area contributed by atoms with Gasteiger partial charge in [-0.3, -0.25) is 0 Å². The Balaban J connectivity index is -0.000000136. The Morgan fingerprint density at radius 1 is 0.371 bits per heavy atom. The van der Waals surface area contributed by atoms with Gasteiger partial charge in [0.1, 0.15) is 0 Å². The summed E-state index contributed by atoms with van der Waals surface area (Å²) in [5.74, 6) is 0. The van der Waals surface area contributed by atoms with Crippen molar-refractivity contribution in [2.75, 3.05) is 13.2 Å². The molecule has 0 rings (SSSR count). The van der Waals surface area contributed by atoms with Gasteiger partial charge in [0.15, 0.2) is 16.6 Å². The average Bonchev–Trinajstić information content (AvgIpc) is 2.83. The first-order valence-corrected chi connectivity index (χ1v) is 20.0. The van der Waals surface area contributed by atoms with Gasteiger partial charge in [0.2, 0.25) is 0 Å². The Morgan fingerprint density at radius 2 is 0.486 bits per heavy atom. The maximum absolute atomic E-state index is 10.5. The molecule has 4 nitrogen and oxygen atoms in total. The molecule has 216 valence electrons. The number of hydrogen-bond acceptors (Lipinski definition) is 4. The third-order valence-electron chi connectivity index (χ3n) is 5.97. The molecule has 0 spiro atoms. The Bertz CT molecular complexity index is 275. The van der Waals surface area contributed by atoms with E-state index in [1.807, 2.05) is 0 Å². The largest absolute Gasteiger partial charge is 0.432 e. The normalized spacial score (nSPS) is 10.6. The summed E-state index contributed by atoms with van der Waals surface area (Å²) in [4.78, 5) is 21.1. The molecule has 0 fully saturated rings. The Hall–Kier alpha value is 0.988. The third kappa shape index (κ3) is 39.7. The molecular weight excluding hydrogens is 504 g/mol. The van der Waals surface area contributed by atoms with E-state index in [0.29, 0.717) is 0 Å². The minimum absolute atomic E-state index is 0. The fourth-order valence-corrected chi connectivity index (χ4v) is 11.4. The van der Waals surface area contributed by atoms with Crippen LogP contribution >= 0.6 is 0 Å². The molecule has 7 heteroatoms. The van der Waals surface area contributed by atoms with Crippen molar-refractivity contribution in [3.8, 4) is 0 Å². The minimum atomic E-state index is -1.81. The van der Waals surface area contributed by atoms with E-state index in [2.05, 4.69) is 41.5 Å². The summed E-state index contributed by atoms with van der Waals surface area (Å²) in [5, 5.41) is 15.1. The Kier molecular flexibility index (Phi) is 48.7. The maximum Gasteiger partial charge on any atom is 0.188 e. The fraction of sp³-hybridized carbons (Fsp3) is 1.00. The van der Waals surface area contributed by atoms with E-state index in [1.54, 1.807) is 13.8 Å². The topological polar surface area (TPSA) is 80.9 Å². The van der Waals surface area contributed by atoms with Gasteiger partial charge in [-0.1, -0.05) is 119 Å². The summed E-state index contributed by atoms with van der Waals surface area (Å²) < 4.78 is 0. The number of rotatable bonds is 18. The molecule has 0 heterocycles. The van der Waals surface area contributed by atoms with Crippen molar-refractivity contribution in [1.82, 2.24) is 0 Å². The minimum Gasteiger partial charge on any atom is -0.432 e. The monoisotopic (exact) mass is 572 g/mol. The number of unbranched alkanes of at least 4 members (excludes halogenated alkanes) is 6. The van der Waals surface area contributed by atoms with Crippen LogP contribution in [-0.4, -0.2) is 49.7 Å². The molecule has 0 amide bonds. The molecule has 0 aliphatic heterocycles. The molecule has 0 unspecified atom stereocenters. The van der Waals surface area contributed by atoms with E-state index < -0.39 is 16.6 Å². The Morgan fingerprint density at radius 3 is 0.571 bits per heavy atom. The first kappa shape index (κ1) is 45.9. The van der Waals surface area contributed by atoms with Gasteiger partial charge in [0, 0.05) is 34.9 Å². The van der Waals surface area contributed by atoms with Gasteiger partial charge in [-0.25, -0.2) is 0 Å². The summed E-state index contributed by atoms with van der Waals surface area (Å²) in [5.41, 5.74) is 0. The molecule has 0 aliphatic carbocycles. The fourth-order valence-electron chi connectivity index (χ4n) is 3.79. The summed E-state index contributed by atoms with van der Waals surface area (Å²) >= 11 is 0. The molecule has 4 N–H and O–H groups in total. The van der Waals surface area contributed by atoms with Gasteiger partial charge in [-0.05, 0) is 50.1 Å². The van der Waals surface area contributed by atoms with E-state index in [-0.39, 0.29) is 34.9 Å². The van der Waals surface area contributed by atoms with Crippen molar-refractivity contribution in [2.24, 2.45) is 0 Å². The quantitative estimate of drug-likeness (QED) is 0.124. The van der Waals surface area contributed by atoms with Crippen LogP contribution in [-0.2, 0) is 21.7 Å². The number of aliphatic hydroxyl groups excluding tert-OH is 2. The molecule has 0 atom stereocenters. The van der Waals surface area contributed by atoms with E-state index in [0.717, 1.165) is 36.3 Å². The van der Waals surface area contributed by atoms with Crippen molar-refractivity contribution in [3.63, 3.8) is 0 Å². The second-order valence-corrected chi connectivity index (χ2v) is 17.6. The summed E-state index contributed by atoms with van der Waals surface area (Å²) in [7, 11) is -3.62. The van der Waals surface area contributed by atoms with Crippen LogP contribution in [0.1, 0.15) is 132 Å². The second kappa shape index (κ2) is 37.1. The molecular formula is C28H68O4Si2Ti. The standard InChI is InChI=1S/2C12H28OSi.2C2H6O.Ti/c2*1-4-7-10-14(13,11-8-5-2)12-9-6-3;2*1-2-3;/h2*13H,4-12H2,1-3H3;2*3H,2H2,1H3;. The van der Waals surface area contributed by atoms with Crippen LogP contribution in [0, 0.1) is 0 Å². The zero-order valence-corrected chi connectivity index (χ0v) is 29.0. The molecule has 35 heavy (non-hydrogen) atoms. The van der Waals surface area contributed by atoms with Crippen LogP contribution in [0.15, 0.2) is 0 Å². The van der Waals surface area contributed by atoms with Gasteiger partial charge in [-0.15, -0.1) is 0 Å². The van der Waals surface area contributed by atoms with Crippen LogP contribution in [0.3, 0.4) is 0 Å². The maximum atomic E-state index is 10.5. The number of hydrogen-bond donors (Lipinski definition) is 4. The Labute approximate surface area is 239 Å². The van der Waals surface area contributed by atoms with E-state index in [4.69, 9.17) is 10.2 Å². The molecule has 0 aromatic rings. The molecule has 0 aromatic heterocycles. The summed E-state index contributed by atoms with van der Waals surface area (Å²) in [6, 6.07) is 6.85. The van der Waals surface area contributed by atoms with E-state index >= 15 is 0 Å². The van der Waals surface area contributed by atoms with Gasteiger partial charge >= 0.3 is 0 Å². The van der Waals surface area contributed by atoms with Crippen LogP contribution in [0.4, 0.5) is 0 Å².